The monoisotopic (exact) mass is 530 g/mol. The van der Waals surface area contributed by atoms with E-state index in [1.54, 1.807) is 25.1 Å². The predicted octanol–water partition coefficient (Wildman–Crippen LogP) is 6.15. The number of anilines is 1. The van der Waals surface area contributed by atoms with E-state index in [4.69, 9.17) is 23.2 Å². The number of hydrogen-bond donors (Lipinski definition) is 1. The first-order valence-corrected chi connectivity index (χ1v) is 12.0. The van der Waals surface area contributed by atoms with Crippen LogP contribution in [0.5, 0.6) is 0 Å². The van der Waals surface area contributed by atoms with Crippen LogP contribution in [-0.4, -0.2) is 25.2 Å². The summed E-state index contributed by atoms with van der Waals surface area (Å²) in [6.45, 7) is 1.03. The molecule has 0 radical (unpaired) electrons. The van der Waals surface area contributed by atoms with Gasteiger partial charge in [-0.3, -0.25) is 4.79 Å². The van der Waals surface area contributed by atoms with Gasteiger partial charge in [0.25, 0.3) is 0 Å². The number of amides is 1. The maximum Gasteiger partial charge on any atom is 0.416 e. The second-order valence-electron chi connectivity index (χ2n) is 7.46. The van der Waals surface area contributed by atoms with E-state index in [1.807, 2.05) is 0 Å². The minimum absolute atomic E-state index is 0.0134. The molecule has 11 heteroatoms. The SMILES string of the molecule is Cc1ccc(S(=O)(=O)N(CC(=O)Nc2ccc(C(F)(F)F)cc2)Cc2ccc(Cl)c(Cl)c2)cc1. The first kappa shape index (κ1) is 26.0. The number of benzene rings is 3. The lowest BCUT2D eigenvalue weighted by molar-refractivity contribution is -0.137. The van der Waals surface area contributed by atoms with Gasteiger partial charge < -0.3 is 5.32 Å². The summed E-state index contributed by atoms with van der Waals surface area (Å²) in [5.41, 5.74) is 0.580. The highest BCUT2D eigenvalue weighted by Crippen LogP contribution is 2.30. The Morgan fingerprint density at radius 1 is 0.941 bits per heavy atom. The molecule has 0 aliphatic carbocycles. The molecule has 0 atom stereocenters. The summed E-state index contributed by atoms with van der Waals surface area (Å²) in [6, 6.07) is 14.6. The number of rotatable bonds is 7. The standard InChI is InChI=1S/C23H19Cl2F3N2O3S/c1-15-2-9-19(10-3-15)34(32,33)30(13-16-4-11-20(24)21(25)12-16)14-22(31)29-18-7-5-17(6-8-18)23(26,27)28/h2-12H,13-14H2,1H3,(H,29,31). The van der Waals surface area contributed by atoms with Crippen LogP contribution in [0.4, 0.5) is 18.9 Å². The summed E-state index contributed by atoms with van der Waals surface area (Å²) < 4.78 is 65.8. The molecule has 0 aromatic heterocycles. The molecule has 34 heavy (non-hydrogen) atoms. The lowest BCUT2D eigenvalue weighted by atomic mass is 10.2. The maximum atomic E-state index is 13.3. The lowest BCUT2D eigenvalue weighted by Gasteiger charge is -2.22. The number of aryl methyl sites for hydroxylation is 1. The van der Waals surface area contributed by atoms with E-state index in [0.29, 0.717) is 10.6 Å². The van der Waals surface area contributed by atoms with E-state index in [0.717, 1.165) is 34.1 Å². The molecule has 1 N–H and O–H groups in total. The lowest BCUT2D eigenvalue weighted by Crippen LogP contribution is -2.37. The smallest absolute Gasteiger partial charge is 0.325 e. The van der Waals surface area contributed by atoms with E-state index in [-0.39, 0.29) is 22.2 Å². The minimum Gasteiger partial charge on any atom is -0.325 e. The van der Waals surface area contributed by atoms with Gasteiger partial charge in [-0.2, -0.15) is 17.5 Å². The molecular formula is C23H19Cl2F3N2O3S. The molecule has 3 rings (SSSR count). The molecule has 0 aliphatic heterocycles. The van der Waals surface area contributed by atoms with E-state index in [9.17, 15) is 26.4 Å². The van der Waals surface area contributed by atoms with Crippen molar-refractivity contribution in [3.8, 4) is 0 Å². The van der Waals surface area contributed by atoms with Crippen LogP contribution < -0.4 is 5.32 Å². The van der Waals surface area contributed by atoms with E-state index in [1.165, 1.54) is 24.3 Å². The Morgan fingerprint density at radius 3 is 2.12 bits per heavy atom. The van der Waals surface area contributed by atoms with E-state index in [2.05, 4.69) is 5.32 Å². The second-order valence-corrected chi connectivity index (χ2v) is 10.2. The van der Waals surface area contributed by atoms with Crippen LogP contribution >= 0.6 is 23.2 Å². The number of nitrogens with zero attached hydrogens (tertiary/aromatic N) is 1. The fourth-order valence-corrected chi connectivity index (χ4v) is 4.74. The molecule has 0 aliphatic rings. The zero-order valence-electron chi connectivity index (χ0n) is 17.7. The number of halogens is 5. The fraction of sp³-hybridized carbons (Fsp3) is 0.174. The molecule has 0 bridgehead atoms. The summed E-state index contributed by atoms with van der Waals surface area (Å²) in [5.74, 6) is -0.726. The highest BCUT2D eigenvalue weighted by Gasteiger charge is 2.30. The molecule has 180 valence electrons. The van der Waals surface area contributed by atoms with Gasteiger partial charge in [0.05, 0.1) is 27.0 Å². The third-order valence-electron chi connectivity index (χ3n) is 4.82. The van der Waals surface area contributed by atoms with Crippen LogP contribution in [0.1, 0.15) is 16.7 Å². The Bertz CT molecular complexity index is 1280. The van der Waals surface area contributed by atoms with Crippen molar-refractivity contribution in [2.45, 2.75) is 24.5 Å². The van der Waals surface area contributed by atoms with Crippen molar-refractivity contribution in [2.24, 2.45) is 0 Å². The summed E-state index contributed by atoms with van der Waals surface area (Å²) in [7, 11) is -4.10. The number of carbonyl (C=O) groups is 1. The fourth-order valence-electron chi connectivity index (χ4n) is 3.03. The zero-order valence-corrected chi connectivity index (χ0v) is 20.1. The zero-order chi connectivity index (χ0) is 25.1. The van der Waals surface area contributed by atoms with Crippen molar-refractivity contribution in [1.29, 1.82) is 0 Å². The predicted molar refractivity (Wildman–Crippen MR) is 125 cm³/mol. The van der Waals surface area contributed by atoms with Gasteiger partial charge in [-0.05, 0) is 61.0 Å². The molecule has 0 spiro atoms. The van der Waals surface area contributed by atoms with Crippen LogP contribution in [-0.2, 0) is 27.5 Å². The summed E-state index contributed by atoms with van der Waals surface area (Å²) >= 11 is 12.0. The quantitative estimate of drug-likeness (QED) is 0.398. The molecule has 3 aromatic carbocycles. The first-order valence-electron chi connectivity index (χ1n) is 9.84. The van der Waals surface area contributed by atoms with Gasteiger partial charge in [-0.15, -0.1) is 0 Å². The van der Waals surface area contributed by atoms with Crippen LogP contribution in [0.3, 0.4) is 0 Å². The third kappa shape index (κ3) is 6.50. The Kier molecular flexibility index (Phi) is 7.92. The third-order valence-corrected chi connectivity index (χ3v) is 7.36. The van der Waals surface area contributed by atoms with Gasteiger partial charge in [-0.25, -0.2) is 8.42 Å². The van der Waals surface area contributed by atoms with Crippen molar-refractivity contribution < 1.29 is 26.4 Å². The topological polar surface area (TPSA) is 66.5 Å². The number of nitrogens with one attached hydrogen (secondary N) is 1. The Balaban J connectivity index is 1.86. The molecule has 5 nitrogen and oxygen atoms in total. The van der Waals surface area contributed by atoms with Crippen LogP contribution in [0.2, 0.25) is 10.0 Å². The average molecular weight is 531 g/mol. The van der Waals surface area contributed by atoms with Gasteiger partial charge in [0.15, 0.2) is 0 Å². The Morgan fingerprint density at radius 2 is 1.56 bits per heavy atom. The largest absolute Gasteiger partial charge is 0.416 e. The summed E-state index contributed by atoms with van der Waals surface area (Å²) in [5, 5.41) is 2.94. The molecule has 0 saturated heterocycles. The number of carbonyl (C=O) groups excluding carboxylic acids is 1. The highest BCUT2D eigenvalue weighted by molar-refractivity contribution is 7.89. The maximum absolute atomic E-state index is 13.3. The van der Waals surface area contributed by atoms with Crippen LogP contribution in [0.25, 0.3) is 0 Å². The van der Waals surface area contributed by atoms with Crippen molar-refractivity contribution in [2.75, 3.05) is 11.9 Å². The molecular weight excluding hydrogens is 512 g/mol. The molecule has 0 fully saturated rings. The number of alkyl halides is 3. The van der Waals surface area contributed by atoms with Gasteiger partial charge in [0, 0.05) is 12.2 Å². The second kappa shape index (κ2) is 10.4. The number of hydrogen-bond acceptors (Lipinski definition) is 3. The van der Waals surface area contributed by atoms with E-state index >= 15 is 0 Å². The molecule has 1 amide bonds. The van der Waals surface area contributed by atoms with Gasteiger partial charge >= 0.3 is 6.18 Å². The molecule has 0 saturated carbocycles. The Hall–Kier alpha value is -2.59. The Labute approximate surface area is 205 Å². The van der Waals surface area contributed by atoms with Gasteiger partial charge in [0.2, 0.25) is 15.9 Å². The van der Waals surface area contributed by atoms with Crippen molar-refractivity contribution in [3.05, 3.63) is 93.5 Å². The normalized spacial score (nSPS) is 12.1. The summed E-state index contributed by atoms with van der Waals surface area (Å²) in [4.78, 5) is 12.6. The van der Waals surface area contributed by atoms with Crippen LogP contribution in [0, 0.1) is 6.92 Å². The molecule has 0 unspecified atom stereocenters. The minimum atomic E-state index is -4.51. The van der Waals surface area contributed by atoms with Crippen molar-refractivity contribution in [1.82, 2.24) is 4.31 Å². The van der Waals surface area contributed by atoms with Gasteiger partial charge in [0.1, 0.15) is 0 Å². The van der Waals surface area contributed by atoms with Crippen LogP contribution in [0.15, 0.2) is 71.6 Å². The highest BCUT2D eigenvalue weighted by atomic mass is 35.5. The van der Waals surface area contributed by atoms with Crippen molar-refractivity contribution >= 4 is 44.8 Å². The summed E-state index contributed by atoms with van der Waals surface area (Å²) in [6.07, 6.45) is -4.51. The number of sulfonamides is 1. The van der Waals surface area contributed by atoms with Crippen molar-refractivity contribution in [3.63, 3.8) is 0 Å². The molecule has 3 aromatic rings. The first-order chi connectivity index (χ1) is 15.9. The average Bonchev–Trinajstić information content (AvgIpc) is 2.76. The van der Waals surface area contributed by atoms with E-state index < -0.39 is 34.2 Å². The molecule has 0 heterocycles. The van der Waals surface area contributed by atoms with Gasteiger partial charge in [-0.1, -0.05) is 47.0 Å².